The molecule has 0 spiro atoms. The highest BCUT2D eigenvalue weighted by Crippen LogP contribution is 2.17. The summed E-state index contributed by atoms with van der Waals surface area (Å²) in [7, 11) is 0. The first-order valence-corrected chi connectivity index (χ1v) is 7.39. The predicted octanol–water partition coefficient (Wildman–Crippen LogP) is 2.90. The van der Waals surface area contributed by atoms with E-state index in [1.165, 1.54) is 6.92 Å². The average Bonchev–Trinajstić information content (AvgIpc) is 2.53. The molecule has 0 unspecified atom stereocenters. The van der Waals surface area contributed by atoms with Crippen LogP contribution >= 0.6 is 0 Å². The predicted molar refractivity (Wildman–Crippen MR) is 89.2 cm³/mol. The first-order valence-electron chi connectivity index (χ1n) is 7.39. The number of nitrogens with one attached hydrogen (secondary N) is 2. The number of benzene rings is 2. The molecular weight excluding hydrogens is 292 g/mol. The van der Waals surface area contributed by atoms with E-state index >= 15 is 0 Å². The zero-order valence-corrected chi connectivity index (χ0v) is 13.2. The Morgan fingerprint density at radius 1 is 1.09 bits per heavy atom. The van der Waals surface area contributed by atoms with Gasteiger partial charge in [-0.15, -0.1) is 0 Å². The highest BCUT2D eigenvalue weighted by molar-refractivity contribution is 5.88. The molecule has 2 amide bonds. The quantitative estimate of drug-likeness (QED) is 0.862. The third kappa shape index (κ3) is 5.47. The number of ether oxygens (including phenoxy) is 1. The lowest BCUT2D eigenvalue weighted by Crippen LogP contribution is -2.31. The zero-order chi connectivity index (χ0) is 16.7. The van der Waals surface area contributed by atoms with Crippen LogP contribution in [0.4, 0.5) is 5.69 Å². The van der Waals surface area contributed by atoms with Crippen molar-refractivity contribution in [3.8, 4) is 5.75 Å². The summed E-state index contributed by atoms with van der Waals surface area (Å²) in [5.41, 5.74) is 1.67. The molecule has 0 radical (unpaired) electrons. The molecule has 0 aliphatic carbocycles. The summed E-state index contributed by atoms with van der Waals surface area (Å²) in [6.07, 6.45) is 0. The molecule has 0 fully saturated rings. The van der Waals surface area contributed by atoms with Gasteiger partial charge in [0.05, 0.1) is 6.04 Å². The van der Waals surface area contributed by atoms with Crippen molar-refractivity contribution in [1.29, 1.82) is 0 Å². The second-order valence-corrected chi connectivity index (χ2v) is 5.20. The monoisotopic (exact) mass is 312 g/mol. The standard InChI is InChI=1S/C18H20N2O3/c1-13(15-7-4-3-5-8-15)19-18(22)12-23-17-10-6-9-16(11-17)20-14(2)21/h3-11,13H,12H2,1-2H3,(H,19,22)(H,20,21)/t13-/m0/s1. The van der Waals surface area contributed by atoms with Crippen LogP contribution in [0.15, 0.2) is 54.6 Å². The highest BCUT2D eigenvalue weighted by Gasteiger charge is 2.10. The lowest BCUT2D eigenvalue weighted by atomic mass is 10.1. The Morgan fingerprint density at radius 2 is 1.83 bits per heavy atom. The SMILES string of the molecule is CC(=O)Nc1cccc(OCC(=O)N[C@@H](C)c2ccccc2)c1. The van der Waals surface area contributed by atoms with Crippen LogP contribution in [0.25, 0.3) is 0 Å². The molecule has 0 saturated carbocycles. The number of anilines is 1. The summed E-state index contributed by atoms with van der Waals surface area (Å²) in [4.78, 5) is 23.0. The Morgan fingerprint density at radius 3 is 2.52 bits per heavy atom. The van der Waals surface area contributed by atoms with Crippen molar-refractivity contribution in [1.82, 2.24) is 5.32 Å². The molecule has 0 aromatic heterocycles. The third-order valence-corrected chi connectivity index (χ3v) is 3.20. The van der Waals surface area contributed by atoms with Gasteiger partial charge in [-0.05, 0) is 24.6 Å². The second-order valence-electron chi connectivity index (χ2n) is 5.20. The van der Waals surface area contributed by atoms with Gasteiger partial charge in [0.25, 0.3) is 5.91 Å². The second kappa shape index (κ2) is 7.98. The molecule has 1 atom stereocenters. The maximum absolute atomic E-state index is 12.0. The van der Waals surface area contributed by atoms with E-state index < -0.39 is 0 Å². The molecule has 0 aliphatic rings. The van der Waals surface area contributed by atoms with Crippen LogP contribution in [-0.2, 0) is 9.59 Å². The lowest BCUT2D eigenvalue weighted by Gasteiger charge is -2.15. The molecule has 5 nitrogen and oxygen atoms in total. The van der Waals surface area contributed by atoms with Crippen LogP contribution in [0.3, 0.4) is 0 Å². The molecule has 0 aliphatic heterocycles. The van der Waals surface area contributed by atoms with Gasteiger partial charge in [-0.1, -0.05) is 36.4 Å². The molecule has 0 saturated heterocycles. The number of carbonyl (C=O) groups is 2. The molecule has 23 heavy (non-hydrogen) atoms. The Bertz CT molecular complexity index is 671. The van der Waals surface area contributed by atoms with Gasteiger partial charge in [-0.25, -0.2) is 0 Å². The van der Waals surface area contributed by atoms with Crippen LogP contribution < -0.4 is 15.4 Å². The first kappa shape index (κ1) is 16.5. The van der Waals surface area contributed by atoms with Crippen LogP contribution in [0.5, 0.6) is 5.75 Å². The zero-order valence-electron chi connectivity index (χ0n) is 13.2. The van der Waals surface area contributed by atoms with E-state index in [-0.39, 0.29) is 24.5 Å². The minimum Gasteiger partial charge on any atom is -0.484 e. The summed E-state index contributed by atoms with van der Waals surface area (Å²) >= 11 is 0. The van der Waals surface area contributed by atoms with Crippen LogP contribution in [-0.4, -0.2) is 18.4 Å². The summed E-state index contributed by atoms with van der Waals surface area (Å²) in [6, 6.07) is 16.6. The van der Waals surface area contributed by atoms with Crippen molar-refractivity contribution in [3.05, 3.63) is 60.2 Å². The Labute approximate surface area is 135 Å². The van der Waals surface area contributed by atoms with E-state index in [0.29, 0.717) is 11.4 Å². The fourth-order valence-corrected chi connectivity index (χ4v) is 2.12. The van der Waals surface area contributed by atoms with Crippen LogP contribution in [0.1, 0.15) is 25.5 Å². The summed E-state index contributed by atoms with van der Waals surface area (Å²) < 4.78 is 5.46. The van der Waals surface area contributed by atoms with Gasteiger partial charge < -0.3 is 15.4 Å². The van der Waals surface area contributed by atoms with Crippen molar-refractivity contribution in [2.24, 2.45) is 0 Å². The van der Waals surface area contributed by atoms with Crippen molar-refractivity contribution in [3.63, 3.8) is 0 Å². The molecule has 2 aromatic rings. The van der Waals surface area contributed by atoms with Crippen molar-refractivity contribution in [2.75, 3.05) is 11.9 Å². The fourth-order valence-electron chi connectivity index (χ4n) is 2.12. The van der Waals surface area contributed by atoms with Crippen molar-refractivity contribution < 1.29 is 14.3 Å². The average molecular weight is 312 g/mol. The van der Waals surface area contributed by atoms with Gasteiger partial charge in [-0.3, -0.25) is 9.59 Å². The van der Waals surface area contributed by atoms with E-state index in [1.807, 2.05) is 37.3 Å². The minimum atomic E-state index is -0.203. The maximum atomic E-state index is 12.0. The fraction of sp³-hybridized carbons (Fsp3) is 0.222. The Balaban J connectivity index is 1.86. The van der Waals surface area contributed by atoms with Crippen LogP contribution in [0.2, 0.25) is 0 Å². The number of amides is 2. The number of carbonyl (C=O) groups excluding carboxylic acids is 2. The molecule has 120 valence electrons. The van der Waals surface area contributed by atoms with Crippen LogP contribution in [0, 0.1) is 0 Å². The van der Waals surface area contributed by atoms with Gasteiger partial charge in [-0.2, -0.15) is 0 Å². The van der Waals surface area contributed by atoms with E-state index in [9.17, 15) is 9.59 Å². The van der Waals surface area contributed by atoms with Gasteiger partial charge >= 0.3 is 0 Å². The topological polar surface area (TPSA) is 67.4 Å². The van der Waals surface area contributed by atoms with E-state index in [0.717, 1.165) is 5.56 Å². The first-order chi connectivity index (χ1) is 11.0. The number of hydrogen-bond donors (Lipinski definition) is 2. The van der Waals surface area contributed by atoms with Gasteiger partial charge in [0.2, 0.25) is 5.91 Å². The van der Waals surface area contributed by atoms with E-state index in [4.69, 9.17) is 4.74 Å². The van der Waals surface area contributed by atoms with E-state index in [2.05, 4.69) is 10.6 Å². The van der Waals surface area contributed by atoms with Crippen molar-refractivity contribution in [2.45, 2.75) is 19.9 Å². The molecule has 2 rings (SSSR count). The summed E-state index contributed by atoms with van der Waals surface area (Å²) in [5, 5.41) is 5.55. The Hall–Kier alpha value is -2.82. The number of hydrogen-bond acceptors (Lipinski definition) is 3. The third-order valence-electron chi connectivity index (χ3n) is 3.20. The lowest BCUT2D eigenvalue weighted by molar-refractivity contribution is -0.123. The smallest absolute Gasteiger partial charge is 0.258 e. The molecule has 0 bridgehead atoms. The summed E-state index contributed by atoms with van der Waals surface area (Å²) in [6.45, 7) is 3.28. The summed E-state index contributed by atoms with van der Waals surface area (Å²) in [5.74, 6) is 0.168. The number of rotatable bonds is 6. The maximum Gasteiger partial charge on any atom is 0.258 e. The largest absolute Gasteiger partial charge is 0.484 e. The normalized spacial score (nSPS) is 11.4. The molecule has 0 heterocycles. The molecular formula is C18H20N2O3. The minimum absolute atomic E-state index is 0.0826. The molecule has 2 N–H and O–H groups in total. The van der Waals surface area contributed by atoms with Crippen molar-refractivity contribution >= 4 is 17.5 Å². The molecule has 2 aromatic carbocycles. The van der Waals surface area contributed by atoms with Gasteiger partial charge in [0.15, 0.2) is 6.61 Å². The van der Waals surface area contributed by atoms with E-state index in [1.54, 1.807) is 24.3 Å². The molecule has 5 heteroatoms. The van der Waals surface area contributed by atoms with Gasteiger partial charge in [0.1, 0.15) is 5.75 Å². The Kier molecular flexibility index (Phi) is 5.74. The highest BCUT2D eigenvalue weighted by atomic mass is 16.5. The van der Waals surface area contributed by atoms with Gasteiger partial charge in [0, 0.05) is 18.7 Å².